The number of quaternary nitrogens is 1. The minimum absolute atomic E-state index is 0.448. The Balaban J connectivity index is 1.24. The van der Waals surface area contributed by atoms with Gasteiger partial charge in [0.15, 0.2) is 0 Å². The highest BCUT2D eigenvalue weighted by Crippen LogP contribution is 2.25. The number of benzene rings is 1. The molecule has 0 amide bonds. The van der Waals surface area contributed by atoms with Crippen LogP contribution in [0.25, 0.3) is 0 Å². The van der Waals surface area contributed by atoms with Crippen LogP contribution in [-0.2, 0) is 34.1 Å². The zero-order chi connectivity index (χ0) is 21.0. The third-order valence-electron chi connectivity index (χ3n) is 5.79. The molecule has 0 spiro atoms. The normalized spacial score (nSPS) is 18.2. The summed E-state index contributed by atoms with van der Waals surface area (Å²) in [6, 6.07) is 10.3. The molecule has 1 saturated heterocycles. The SMILES string of the molecule is CS(=O)(=O)N1CCc2cc(OCCCc3ccc([NH+]4CCOCC4)nc3)ccc2C1. The summed E-state index contributed by atoms with van der Waals surface area (Å²) in [5, 5.41) is 0. The van der Waals surface area contributed by atoms with Crippen molar-refractivity contribution in [1.82, 2.24) is 9.29 Å². The Bertz CT molecular complexity index is 957. The van der Waals surface area contributed by atoms with E-state index in [2.05, 4.69) is 23.2 Å². The molecule has 0 atom stereocenters. The number of aryl methyl sites for hydroxylation is 1. The summed E-state index contributed by atoms with van der Waals surface area (Å²) in [5.41, 5.74) is 3.46. The van der Waals surface area contributed by atoms with E-state index in [1.807, 2.05) is 18.3 Å². The van der Waals surface area contributed by atoms with Crippen LogP contribution in [0.15, 0.2) is 36.5 Å². The molecule has 1 aromatic heterocycles. The molecular formula is C22H30N3O4S+. The zero-order valence-electron chi connectivity index (χ0n) is 17.5. The number of pyridine rings is 1. The van der Waals surface area contributed by atoms with Gasteiger partial charge in [0.1, 0.15) is 18.8 Å². The molecule has 3 heterocycles. The second-order valence-electron chi connectivity index (χ2n) is 8.00. The van der Waals surface area contributed by atoms with E-state index in [9.17, 15) is 8.42 Å². The molecule has 1 aromatic carbocycles. The van der Waals surface area contributed by atoms with Crippen molar-refractivity contribution in [3.63, 3.8) is 0 Å². The maximum absolute atomic E-state index is 11.7. The van der Waals surface area contributed by atoms with Crippen LogP contribution in [0.2, 0.25) is 0 Å². The first-order chi connectivity index (χ1) is 14.5. The Morgan fingerprint density at radius 1 is 1.17 bits per heavy atom. The maximum Gasteiger partial charge on any atom is 0.225 e. The standard InChI is InChI=1S/C22H29N3O4S/c1-30(26,27)25-9-8-19-15-21(6-5-20(19)17-25)29-12-2-3-18-4-7-22(23-16-18)24-10-13-28-14-11-24/h4-7,15-16H,2-3,8-14,17H2,1H3/p+1. The summed E-state index contributed by atoms with van der Waals surface area (Å²) in [7, 11) is -3.14. The summed E-state index contributed by atoms with van der Waals surface area (Å²) in [4.78, 5) is 6.02. The number of hydrogen-bond acceptors (Lipinski definition) is 5. The number of ether oxygens (including phenoxy) is 2. The van der Waals surface area contributed by atoms with Crippen LogP contribution in [0.1, 0.15) is 23.1 Å². The van der Waals surface area contributed by atoms with Gasteiger partial charge < -0.3 is 9.47 Å². The summed E-state index contributed by atoms with van der Waals surface area (Å²) in [6.45, 7) is 5.18. The number of hydrogen-bond donors (Lipinski definition) is 1. The molecule has 2 aliphatic rings. The van der Waals surface area contributed by atoms with E-state index in [0.717, 1.165) is 62.7 Å². The van der Waals surface area contributed by atoms with Gasteiger partial charge in [-0.15, -0.1) is 0 Å². The van der Waals surface area contributed by atoms with Gasteiger partial charge in [-0.2, -0.15) is 4.31 Å². The van der Waals surface area contributed by atoms with E-state index in [4.69, 9.17) is 9.47 Å². The molecule has 0 unspecified atom stereocenters. The number of nitrogens with one attached hydrogen (secondary N) is 1. The van der Waals surface area contributed by atoms with Gasteiger partial charge in [0.2, 0.25) is 15.8 Å². The Morgan fingerprint density at radius 3 is 2.73 bits per heavy atom. The summed E-state index contributed by atoms with van der Waals surface area (Å²) in [5.74, 6) is 1.95. The second kappa shape index (κ2) is 9.43. The van der Waals surface area contributed by atoms with E-state index in [1.54, 1.807) is 0 Å². The smallest absolute Gasteiger partial charge is 0.225 e. The van der Waals surface area contributed by atoms with E-state index >= 15 is 0 Å². The Kier molecular flexibility index (Phi) is 6.67. The molecule has 8 heteroatoms. The molecule has 0 radical (unpaired) electrons. The number of fused-ring (bicyclic) bond motifs is 1. The fraction of sp³-hybridized carbons (Fsp3) is 0.500. The van der Waals surface area contributed by atoms with Gasteiger partial charge in [-0.3, -0.25) is 4.90 Å². The van der Waals surface area contributed by atoms with Crippen LogP contribution in [0, 0.1) is 0 Å². The van der Waals surface area contributed by atoms with Crippen molar-refractivity contribution >= 4 is 15.8 Å². The lowest BCUT2D eigenvalue weighted by Crippen LogP contribution is -3.09. The molecule has 2 aliphatic heterocycles. The van der Waals surface area contributed by atoms with Crippen LogP contribution in [0.4, 0.5) is 5.82 Å². The highest BCUT2D eigenvalue weighted by Gasteiger charge is 2.23. The van der Waals surface area contributed by atoms with Crippen LogP contribution < -0.4 is 9.64 Å². The lowest BCUT2D eigenvalue weighted by molar-refractivity contribution is -0.844. The predicted molar refractivity (Wildman–Crippen MR) is 115 cm³/mol. The van der Waals surface area contributed by atoms with Gasteiger partial charge >= 0.3 is 0 Å². The maximum atomic E-state index is 11.7. The first-order valence-electron chi connectivity index (χ1n) is 10.6. The van der Waals surface area contributed by atoms with E-state index in [-0.39, 0.29) is 0 Å². The predicted octanol–water partition coefficient (Wildman–Crippen LogP) is 0.958. The molecular weight excluding hydrogens is 402 g/mol. The number of rotatable bonds is 7. The van der Waals surface area contributed by atoms with Gasteiger partial charge in [-0.25, -0.2) is 13.4 Å². The van der Waals surface area contributed by atoms with Gasteiger partial charge in [0.05, 0.1) is 26.1 Å². The minimum atomic E-state index is -3.14. The molecule has 2 aromatic rings. The largest absolute Gasteiger partial charge is 0.494 e. The lowest BCUT2D eigenvalue weighted by Gasteiger charge is -2.27. The van der Waals surface area contributed by atoms with Crippen molar-refractivity contribution < 1.29 is 22.8 Å². The average Bonchev–Trinajstić information content (AvgIpc) is 2.77. The Hall–Kier alpha value is -2.00. The summed E-state index contributed by atoms with van der Waals surface area (Å²) < 4.78 is 36.4. The molecule has 1 N–H and O–H groups in total. The summed E-state index contributed by atoms with van der Waals surface area (Å²) in [6.07, 6.45) is 5.82. The van der Waals surface area contributed by atoms with Crippen molar-refractivity contribution in [1.29, 1.82) is 0 Å². The molecule has 162 valence electrons. The third kappa shape index (κ3) is 5.37. The molecule has 0 bridgehead atoms. The van der Waals surface area contributed by atoms with Gasteiger partial charge in [-0.05, 0) is 54.2 Å². The fourth-order valence-corrected chi connectivity index (χ4v) is 4.79. The topological polar surface area (TPSA) is 73.2 Å². The van der Waals surface area contributed by atoms with Crippen LogP contribution in [-0.4, -0.2) is 63.4 Å². The Labute approximate surface area is 178 Å². The monoisotopic (exact) mass is 432 g/mol. The first kappa shape index (κ1) is 21.2. The van der Waals surface area contributed by atoms with Crippen LogP contribution in [0.5, 0.6) is 5.75 Å². The molecule has 30 heavy (non-hydrogen) atoms. The molecule has 4 rings (SSSR count). The lowest BCUT2D eigenvalue weighted by atomic mass is 10.0. The van der Waals surface area contributed by atoms with Crippen LogP contribution >= 0.6 is 0 Å². The summed E-state index contributed by atoms with van der Waals surface area (Å²) >= 11 is 0. The molecule has 1 fully saturated rings. The van der Waals surface area contributed by atoms with Gasteiger partial charge in [-0.1, -0.05) is 6.07 Å². The third-order valence-corrected chi connectivity index (χ3v) is 7.04. The van der Waals surface area contributed by atoms with Gasteiger partial charge in [0, 0.05) is 25.4 Å². The number of aromatic nitrogens is 1. The van der Waals surface area contributed by atoms with E-state index in [1.165, 1.54) is 26.6 Å². The fourth-order valence-electron chi connectivity index (χ4n) is 4.00. The average molecular weight is 433 g/mol. The quantitative estimate of drug-likeness (QED) is 0.660. The van der Waals surface area contributed by atoms with E-state index in [0.29, 0.717) is 19.7 Å². The first-order valence-corrected chi connectivity index (χ1v) is 12.4. The second-order valence-corrected chi connectivity index (χ2v) is 9.98. The highest BCUT2D eigenvalue weighted by molar-refractivity contribution is 7.88. The van der Waals surface area contributed by atoms with Crippen molar-refractivity contribution in [3.8, 4) is 5.75 Å². The zero-order valence-corrected chi connectivity index (χ0v) is 18.3. The van der Waals surface area contributed by atoms with Crippen molar-refractivity contribution in [2.75, 3.05) is 45.7 Å². The number of sulfonamides is 1. The minimum Gasteiger partial charge on any atom is -0.494 e. The molecule has 0 saturated carbocycles. The van der Waals surface area contributed by atoms with Crippen molar-refractivity contribution in [3.05, 3.63) is 53.2 Å². The van der Waals surface area contributed by atoms with Crippen molar-refractivity contribution in [2.45, 2.75) is 25.8 Å². The van der Waals surface area contributed by atoms with Crippen molar-refractivity contribution in [2.24, 2.45) is 0 Å². The Morgan fingerprint density at radius 2 is 2.00 bits per heavy atom. The van der Waals surface area contributed by atoms with E-state index < -0.39 is 10.0 Å². The van der Waals surface area contributed by atoms with Crippen LogP contribution in [0.3, 0.4) is 0 Å². The number of nitrogens with zero attached hydrogens (tertiary/aromatic N) is 2. The highest BCUT2D eigenvalue weighted by atomic mass is 32.2. The molecule has 0 aliphatic carbocycles. The molecule has 7 nitrogen and oxygen atoms in total. The number of morpholine rings is 1. The van der Waals surface area contributed by atoms with Gasteiger partial charge in [0.25, 0.3) is 0 Å².